The Kier molecular flexibility index (Phi) is 6.05. The molecule has 0 aliphatic rings. The Hall–Kier alpha value is -1.03. The molecule has 0 aromatic heterocycles. The topological polar surface area (TPSA) is 41.1 Å². The van der Waals surface area contributed by atoms with Gasteiger partial charge in [-0.05, 0) is 31.0 Å². The molecule has 0 spiro atoms. The quantitative estimate of drug-likeness (QED) is 0.801. The van der Waals surface area contributed by atoms with Gasteiger partial charge >= 0.3 is 6.03 Å². The predicted octanol–water partition coefficient (Wildman–Crippen LogP) is 3.61. The number of unbranched alkanes of at least 4 members (excludes halogenated alkanes) is 1. The lowest BCUT2D eigenvalue weighted by Crippen LogP contribution is -2.37. The van der Waals surface area contributed by atoms with E-state index in [1.807, 2.05) is 31.2 Å². The summed E-state index contributed by atoms with van der Waals surface area (Å²) in [6.07, 6.45) is 2.10. The number of carbonyl (C=O) groups is 1. The molecule has 0 fully saturated rings. The summed E-state index contributed by atoms with van der Waals surface area (Å²) in [5.41, 5.74) is 1.09. The summed E-state index contributed by atoms with van der Waals surface area (Å²) in [5.74, 6) is 0. The minimum atomic E-state index is -0.106. The SMILES string of the molecule is CCCCNC(=O)NC(C)c1cccc(Br)c1. The normalized spacial score (nSPS) is 11.9. The summed E-state index contributed by atoms with van der Waals surface area (Å²) >= 11 is 3.42. The number of urea groups is 1. The fraction of sp³-hybridized carbons (Fsp3) is 0.462. The first-order valence-corrected chi connectivity index (χ1v) is 6.72. The average Bonchev–Trinajstić information content (AvgIpc) is 2.29. The highest BCUT2D eigenvalue weighted by atomic mass is 79.9. The first-order valence-electron chi connectivity index (χ1n) is 5.93. The molecule has 0 saturated heterocycles. The Labute approximate surface area is 111 Å². The van der Waals surface area contributed by atoms with E-state index in [1.54, 1.807) is 0 Å². The van der Waals surface area contributed by atoms with E-state index < -0.39 is 0 Å². The van der Waals surface area contributed by atoms with Gasteiger partial charge in [-0.3, -0.25) is 0 Å². The summed E-state index contributed by atoms with van der Waals surface area (Å²) in [7, 11) is 0. The monoisotopic (exact) mass is 298 g/mol. The van der Waals surface area contributed by atoms with Crippen LogP contribution in [-0.2, 0) is 0 Å². The second kappa shape index (κ2) is 7.33. The third kappa shape index (κ3) is 5.22. The Morgan fingerprint density at radius 2 is 2.24 bits per heavy atom. The number of rotatable bonds is 5. The van der Waals surface area contributed by atoms with Gasteiger partial charge in [-0.2, -0.15) is 0 Å². The summed E-state index contributed by atoms with van der Waals surface area (Å²) < 4.78 is 1.02. The Morgan fingerprint density at radius 3 is 2.88 bits per heavy atom. The maximum absolute atomic E-state index is 11.6. The van der Waals surface area contributed by atoms with E-state index in [2.05, 4.69) is 33.5 Å². The van der Waals surface area contributed by atoms with Gasteiger partial charge in [-0.15, -0.1) is 0 Å². The third-order valence-corrected chi connectivity index (χ3v) is 3.01. The molecule has 0 radical (unpaired) electrons. The molecule has 0 saturated carbocycles. The summed E-state index contributed by atoms with van der Waals surface area (Å²) in [4.78, 5) is 11.6. The number of amides is 2. The lowest BCUT2D eigenvalue weighted by atomic mass is 10.1. The van der Waals surface area contributed by atoms with Crippen molar-refractivity contribution in [2.75, 3.05) is 6.54 Å². The molecule has 2 N–H and O–H groups in total. The van der Waals surface area contributed by atoms with Crippen molar-refractivity contribution in [3.63, 3.8) is 0 Å². The minimum absolute atomic E-state index is 0.00845. The van der Waals surface area contributed by atoms with E-state index in [0.29, 0.717) is 0 Å². The molecular weight excluding hydrogens is 280 g/mol. The average molecular weight is 299 g/mol. The largest absolute Gasteiger partial charge is 0.338 e. The van der Waals surface area contributed by atoms with Gasteiger partial charge in [0.2, 0.25) is 0 Å². The minimum Gasteiger partial charge on any atom is -0.338 e. The molecule has 1 atom stereocenters. The zero-order chi connectivity index (χ0) is 12.7. The molecule has 1 rings (SSSR count). The highest BCUT2D eigenvalue weighted by molar-refractivity contribution is 9.10. The molecule has 4 heteroatoms. The smallest absolute Gasteiger partial charge is 0.315 e. The van der Waals surface area contributed by atoms with E-state index >= 15 is 0 Å². The van der Waals surface area contributed by atoms with Gasteiger partial charge in [-0.1, -0.05) is 41.4 Å². The highest BCUT2D eigenvalue weighted by Crippen LogP contribution is 2.17. The lowest BCUT2D eigenvalue weighted by Gasteiger charge is -2.15. The van der Waals surface area contributed by atoms with Crippen LogP contribution in [0.25, 0.3) is 0 Å². The zero-order valence-corrected chi connectivity index (χ0v) is 11.9. The van der Waals surface area contributed by atoms with Crippen LogP contribution >= 0.6 is 15.9 Å². The molecule has 0 bridgehead atoms. The van der Waals surface area contributed by atoms with E-state index in [-0.39, 0.29) is 12.1 Å². The second-order valence-electron chi connectivity index (χ2n) is 4.03. The van der Waals surface area contributed by atoms with E-state index in [4.69, 9.17) is 0 Å². The number of halogens is 1. The van der Waals surface area contributed by atoms with Crippen LogP contribution in [0.2, 0.25) is 0 Å². The van der Waals surface area contributed by atoms with E-state index in [0.717, 1.165) is 29.4 Å². The van der Waals surface area contributed by atoms with Gasteiger partial charge < -0.3 is 10.6 Å². The molecule has 1 aromatic carbocycles. The molecule has 94 valence electrons. The van der Waals surface area contributed by atoms with Crippen LogP contribution in [0.3, 0.4) is 0 Å². The standard InChI is InChI=1S/C13H19BrN2O/c1-3-4-8-15-13(17)16-10(2)11-6-5-7-12(14)9-11/h5-7,9-10H,3-4,8H2,1-2H3,(H2,15,16,17). The molecule has 0 aliphatic heterocycles. The van der Waals surface area contributed by atoms with Crippen molar-refractivity contribution < 1.29 is 4.79 Å². The van der Waals surface area contributed by atoms with Gasteiger partial charge in [0.05, 0.1) is 6.04 Å². The van der Waals surface area contributed by atoms with Crippen molar-refractivity contribution in [2.45, 2.75) is 32.7 Å². The van der Waals surface area contributed by atoms with Crippen LogP contribution in [0, 0.1) is 0 Å². The maximum atomic E-state index is 11.6. The first kappa shape index (κ1) is 14.0. The third-order valence-electron chi connectivity index (χ3n) is 2.51. The van der Waals surface area contributed by atoms with Crippen LogP contribution in [-0.4, -0.2) is 12.6 Å². The van der Waals surface area contributed by atoms with Crippen LogP contribution in [0.1, 0.15) is 38.3 Å². The molecular formula is C13H19BrN2O. The van der Waals surface area contributed by atoms with Gasteiger partial charge in [0, 0.05) is 11.0 Å². The molecule has 1 aromatic rings. The van der Waals surface area contributed by atoms with Crippen LogP contribution < -0.4 is 10.6 Å². The lowest BCUT2D eigenvalue weighted by molar-refractivity contribution is 0.238. The van der Waals surface area contributed by atoms with Crippen molar-refractivity contribution in [2.24, 2.45) is 0 Å². The predicted molar refractivity (Wildman–Crippen MR) is 74.0 cm³/mol. The highest BCUT2D eigenvalue weighted by Gasteiger charge is 2.08. The van der Waals surface area contributed by atoms with Crippen molar-refractivity contribution in [1.29, 1.82) is 0 Å². The van der Waals surface area contributed by atoms with Gasteiger partial charge in [0.1, 0.15) is 0 Å². The molecule has 1 unspecified atom stereocenters. The fourth-order valence-electron chi connectivity index (χ4n) is 1.49. The molecule has 0 heterocycles. The number of hydrogen-bond acceptors (Lipinski definition) is 1. The Morgan fingerprint density at radius 1 is 1.47 bits per heavy atom. The molecule has 2 amide bonds. The van der Waals surface area contributed by atoms with Crippen LogP contribution in [0.4, 0.5) is 4.79 Å². The summed E-state index contributed by atoms with van der Waals surface area (Å²) in [6.45, 7) is 4.80. The van der Waals surface area contributed by atoms with Crippen LogP contribution in [0.5, 0.6) is 0 Å². The van der Waals surface area contributed by atoms with E-state index in [1.165, 1.54) is 0 Å². The number of carbonyl (C=O) groups excluding carboxylic acids is 1. The molecule has 0 aliphatic carbocycles. The van der Waals surface area contributed by atoms with Crippen molar-refractivity contribution in [3.05, 3.63) is 34.3 Å². The van der Waals surface area contributed by atoms with Crippen molar-refractivity contribution in [1.82, 2.24) is 10.6 Å². The second-order valence-corrected chi connectivity index (χ2v) is 4.95. The van der Waals surface area contributed by atoms with Crippen molar-refractivity contribution >= 4 is 22.0 Å². The zero-order valence-electron chi connectivity index (χ0n) is 10.3. The molecule has 17 heavy (non-hydrogen) atoms. The van der Waals surface area contributed by atoms with Crippen molar-refractivity contribution in [3.8, 4) is 0 Å². The summed E-state index contributed by atoms with van der Waals surface area (Å²) in [6, 6.07) is 7.85. The Balaban J connectivity index is 2.43. The van der Waals surface area contributed by atoms with Gasteiger partial charge in [-0.25, -0.2) is 4.79 Å². The fourth-order valence-corrected chi connectivity index (χ4v) is 1.90. The number of nitrogens with one attached hydrogen (secondary N) is 2. The first-order chi connectivity index (χ1) is 8.13. The Bertz CT molecular complexity index is 368. The maximum Gasteiger partial charge on any atom is 0.315 e. The van der Waals surface area contributed by atoms with Gasteiger partial charge in [0.15, 0.2) is 0 Å². The number of hydrogen-bond donors (Lipinski definition) is 2. The summed E-state index contributed by atoms with van der Waals surface area (Å²) in [5, 5.41) is 5.75. The molecule has 3 nitrogen and oxygen atoms in total. The van der Waals surface area contributed by atoms with Crippen LogP contribution in [0.15, 0.2) is 28.7 Å². The van der Waals surface area contributed by atoms with Gasteiger partial charge in [0.25, 0.3) is 0 Å². The number of benzene rings is 1. The van der Waals surface area contributed by atoms with E-state index in [9.17, 15) is 4.79 Å².